The van der Waals surface area contributed by atoms with Crippen LogP contribution >= 0.6 is 11.6 Å². The van der Waals surface area contributed by atoms with Crippen LogP contribution in [0.15, 0.2) is 24.3 Å². The predicted molar refractivity (Wildman–Crippen MR) is 97.5 cm³/mol. The maximum atomic E-state index is 13.1. The number of rotatable bonds is 4. The van der Waals surface area contributed by atoms with Gasteiger partial charge in [0.1, 0.15) is 22.6 Å². The number of hydrogen-bond donors (Lipinski definition) is 1. The van der Waals surface area contributed by atoms with E-state index in [1.165, 1.54) is 12.1 Å². The molecule has 0 amide bonds. The molecule has 2 heterocycles. The average molecular weight is 364 g/mol. The smallest absolute Gasteiger partial charge is 0.138 e. The summed E-state index contributed by atoms with van der Waals surface area (Å²) in [4.78, 5) is 11.1. The highest BCUT2D eigenvalue weighted by atomic mass is 35.5. The summed E-state index contributed by atoms with van der Waals surface area (Å²) in [5.41, 5.74) is 1.75. The van der Waals surface area contributed by atoms with Gasteiger partial charge in [0.15, 0.2) is 0 Å². The molecule has 0 saturated carbocycles. The van der Waals surface area contributed by atoms with Crippen molar-refractivity contribution in [1.82, 2.24) is 9.97 Å². The molecule has 6 heteroatoms. The van der Waals surface area contributed by atoms with Crippen LogP contribution in [0.4, 0.5) is 10.2 Å². The Morgan fingerprint density at radius 2 is 1.88 bits per heavy atom. The van der Waals surface area contributed by atoms with E-state index in [1.807, 2.05) is 6.92 Å². The lowest BCUT2D eigenvalue weighted by Gasteiger charge is -2.36. The number of aromatic nitrogens is 2. The van der Waals surface area contributed by atoms with Gasteiger partial charge in [-0.1, -0.05) is 30.7 Å². The number of anilines is 1. The minimum absolute atomic E-state index is 0.158. The molecule has 1 aliphatic rings. The van der Waals surface area contributed by atoms with Gasteiger partial charge in [0.2, 0.25) is 0 Å². The van der Waals surface area contributed by atoms with Crippen molar-refractivity contribution < 1.29 is 9.50 Å². The third-order valence-electron chi connectivity index (χ3n) is 4.90. The summed E-state index contributed by atoms with van der Waals surface area (Å²) in [6.45, 7) is 5.51. The van der Waals surface area contributed by atoms with Crippen molar-refractivity contribution in [2.75, 3.05) is 18.0 Å². The minimum Gasteiger partial charge on any atom is -0.388 e. The summed E-state index contributed by atoms with van der Waals surface area (Å²) in [7, 11) is 0. The third kappa shape index (κ3) is 3.93. The predicted octanol–water partition coefficient (Wildman–Crippen LogP) is 4.09. The number of piperidine rings is 1. The summed E-state index contributed by atoms with van der Waals surface area (Å²) in [5, 5.41) is 11.1. The van der Waals surface area contributed by atoms with Crippen molar-refractivity contribution in [2.24, 2.45) is 5.92 Å². The fraction of sp³-hybridized carbons (Fsp3) is 0.474. The number of hydrogen-bond acceptors (Lipinski definition) is 4. The highest BCUT2D eigenvalue weighted by Gasteiger charge is 2.28. The molecule has 0 radical (unpaired) electrons. The summed E-state index contributed by atoms with van der Waals surface area (Å²) >= 11 is 6.28. The highest BCUT2D eigenvalue weighted by Crippen LogP contribution is 2.34. The molecule has 0 aliphatic carbocycles. The lowest BCUT2D eigenvalue weighted by atomic mass is 9.87. The molecule has 134 valence electrons. The Bertz CT molecular complexity index is 730. The van der Waals surface area contributed by atoms with Crippen molar-refractivity contribution >= 4 is 17.4 Å². The van der Waals surface area contributed by atoms with Crippen molar-refractivity contribution in [2.45, 2.75) is 39.2 Å². The van der Waals surface area contributed by atoms with Gasteiger partial charge in [-0.15, -0.1) is 0 Å². The van der Waals surface area contributed by atoms with Crippen molar-refractivity contribution in [1.29, 1.82) is 0 Å². The number of aliphatic hydroxyl groups excluding tert-OH is 1. The van der Waals surface area contributed by atoms with Gasteiger partial charge in [-0.3, -0.25) is 0 Å². The highest BCUT2D eigenvalue weighted by molar-refractivity contribution is 6.30. The summed E-state index contributed by atoms with van der Waals surface area (Å²) in [6, 6.07) is 6.12. The number of benzene rings is 1. The quantitative estimate of drug-likeness (QED) is 0.831. The van der Waals surface area contributed by atoms with Crippen LogP contribution in [0.1, 0.15) is 42.8 Å². The van der Waals surface area contributed by atoms with Crippen LogP contribution < -0.4 is 4.90 Å². The van der Waals surface area contributed by atoms with Gasteiger partial charge in [-0.2, -0.15) is 0 Å². The van der Waals surface area contributed by atoms with E-state index < -0.39 is 6.10 Å². The number of halogens is 2. The zero-order chi connectivity index (χ0) is 18.0. The lowest BCUT2D eigenvalue weighted by Crippen LogP contribution is -2.37. The molecule has 4 nitrogen and oxygen atoms in total. The van der Waals surface area contributed by atoms with E-state index >= 15 is 0 Å². The molecular weight excluding hydrogens is 341 g/mol. The van der Waals surface area contributed by atoms with E-state index in [2.05, 4.69) is 21.8 Å². The summed E-state index contributed by atoms with van der Waals surface area (Å²) < 4.78 is 13.1. The molecule has 1 atom stereocenters. The van der Waals surface area contributed by atoms with Gasteiger partial charge in [0.25, 0.3) is 0 Å². The van der Waals surface area contributed by atoms with E-state index in [-0.39, 0.29) is 11.7 Å². The largest absolute Gasteiger partial charge is 0.388 e. The molecule has 1 N–H and O–H groups in total. The lowest BCUT2D eigenvalue weighted by molar-refractivity contribution is 0.0928. The second-order valence-electron chi connectivity index (χ2n) is 6.54. The Hall–Kier alpha value is -1.72. The standard InChI is InChI=1S/C19H23ClFN3O/c1-3-16-18(20)22-12(2)23-19(16)24-10-8-14(9-11-24)17(25)13-4-6-15(21)7-5-13/h4-7,14,17,25H,3,8-11H2,1-2H3. The van der Waals surface area contributed by atoms with Crippen molar-refractivity contribution in [3.8, 4) is 0 Å². The first-order valence-corrected chi connectivity index (χ1v) is 9.09. The second kappa shape index (κ2) is 7.67. The van der Waals surface area contributed by atoms with Crippen LogP contribution in [0, 0.1) is 18.7 Å². The number of aliphatic hydroxyl groups is 1. The van der Waals surface area contributed by atoms with Gasteiger partial charge >= 0.3 is 0 Å². The van der Waals surface area contributed by atoms with Crippen LogP contribution in [-0.4, -0.2) is 28.2 Å². The molecule has 1 aliphatic heterocycles. The van der Waals surface area contributed by atoms with Crippen LogP contribution in [-0.2, 0) is 6.42 Å². The molecule has 1 aromatic carbocycles. The third-order valence-corrected chi connectivity index (χ3v) is 5.21. The Morgan fingerprint density at radius 1 is 1.24 bits per heavy atom. The molecule has 2 aromatic rings. The minimum atomic E-state index is -0.566. The molecule has 0 bridgehead atoms. The monoisotopic (exact) mass is 363 g/mol. The topological polar surface area (TPSA) is 49.2 Å². The first-order valence-electron chi connectivity index (χ1n) is 8.71. The van der Waals surface area contributed by atoms with Crippen molar-refractivity contribution in [3.05, 3.63) is 52.2 Å². The van der Waals surface area contributed by atoms with E-state index in [4.69, 9.17) is 11.6 Å². The van der Waals surface area contributed by atoms with Crippen molar-refractivity contribution in [3.63, 3.8) is 0 Å². The molecular formula is C19H23ClFN3O. The molecule has 1 unspecified atom stereocenters. The average Bonchev–Trinajstić information content (AvgIpc) is 2.61. The van der Waals surface area contributed by atoms with E-state index in [9.17, 15) is 9.50 Å². The van der Waals surface area contributed by atoms with Gasteiger partial charge in [-0.05, 0) is 49.8 Å². The maximum absolute atomic E-state index is 13.1. The summed E-state index contributed by atoms with van der Waals surface area (Å²) in [6.07, 6.45) is 1.92. The first-order chi connectivity index (χ1) is 12.0. The van der Waals surface area contributed by atoms with Crippen LogP contribution in [0.5, 0.6) is 0 Å². The Morgan fingerprint density at radius 3 is 2.48 bits per heavy atom. The molecule has 25 heavy (non-hydrogen) atoms. The van der Waals surface area contributed by atoms with Crippen LogP contribution in [0.3, 0.4) is 0 Å². The second-order valence-corrected chi connectivity index (χ2v) is 6.90. The zero-order valence-corrected chi connectivity index (χ0v) is 15.3. The fourth-order valence-electron chi connectivity index (χ4n) is 3.47. The molecule has 1 aromatic heterocycles. The first kappa shape index (κ1) is 18.1. The Labute approximate surface area is 152 Å². The normalized spacial score (nSPS) is 16.9. The van der Waals surface area contributed by atoms with Crippen LogP contribution in [0.2, 0.25) is 5.15 Å². The molecule has 1 fully saturated rings. The Kier molecular flexibility index (Phi) is 5.54. The molecule has 1 saturated heterocycles. The summed E-state index contributed by atoms with van der Waals surface area (Å²) in [5.74, 6) is 1.46. The fourth-order valence-corrected chi connectivity index (χ4v) is 3.81. The molecule has 3 rings (SSSR count). The van der Waals surface area contributed by atoms with E-state index in [0.717, 1.165) is 49.3 Å². The maximum Gasteiger partial charge on any atom is 0.138 e. The molecule has 0 spiro atoms. The Balaban J connectivity index is 1.71. The van der Waals surface area contributed by atoms with Gasteiger partial charge < -0.3 is 10.0 Å². The number of aryl methyl sites for hydroxylation is 1. The van der Waals surface area contributed by atoms with Gasteiger partial charge in [0, 0.05) is 18.7 Å². The number of nitrogens with zero attached hydrogens (tertiary/aromatic N) is 3. The SMILES string of the molecule is CCc1c(Cl)nc(C)nc1N1CCC(C(O)c2ccc(F)cc2)CC1. The van der Waals surface area contributed by atoms with E-state index in [1.54, 1.807) is 12.1 Å². The van der Waals surface area contributed by atoms with Crippen LogP contribution in [0.25, 0.3) is 0 Å². The van der Waals surface area contributed by atoms with E-state index in [0.29, 0.717) is 11.0 Å². The van der Waals surface area contributed by atoms with Gasteiger partial charge in [-0.25, -0.2) is 14.4 Å². The van der Waals surface area contributed by atoms with Gasteiger partial charge in [0.05, 0.1) is 6.10 Å². The zero-order valence-electron chi connectivity index (χ0n) is 14.5.